The van der Waals surface area contributed by atoms with Crippen LogP contribution in [0.4, 0.5) is 0 Å². The van der Waals surface area contributed by atoms with Crippen LogP contribution in [0.1, 0.15) is 24.0 Å². The largest absolute Gasteiger partial charge is 0.496 e. The van der Waals surface area contributed by atoms with Crippen molar-refractivity contribution in [3.8, 4) is 5.75 Å². The molecule has 0 atom stereocenters. The zero-order valence-electron chi connectivity index (χ0n) is 16.4. The third-order valence-electron chi connectivity index (χ3n) is 5.29. The first kappa shape index (κ1) is 21.1. The van der Waals surface area contributed by atoms with E-state index in [1.54, 1.807) is 31.4 Å². The van der Waals surface area contributed by atoms with Gasteiger partial charge in [0.15, 0.2) is 0 Å². The molecule has 1 aliphatic heterocycles. The fourth-order valence-electron chi connectivity index (χ4n) is 3.58. The highest BCUT2D eigenvalue weighted by Crippen LogP contribution is 2.39. The molecule has 7 heteroatoms. The van der Waals surface area contributed by atoms with Crippen LogP contribution in [0.3, 0.4) is 0 Å². The first-order valence-corrected chi connectivity index (χ1v) is 9.93. The maximum atomic E-state index is 12.4. The van der Waals surface area contributed by atoms with Gasteiger partial charge in [-0.2, -0.15) is 0 Å². The number of carbonyl (C=O) groups excluding carboxylic acids is 2. The summed E-state index contributed by atoms with van der Waals surface area (Å²) in [4.78, 5) is 24.6. The Balaban J connectivity index is 1.63. The number of methoxy groups -OCH3 is 1. The third-order valence-corrected chi connectivity index (χ3v) is 5.54. The second-order valence-electron chi connectivity index (χ2n) is 7.08. The number of para-hydroxylation sites is 1. The Bertz CT molecular complexity index is 848. The summed E-state index contributed by atoms with van der Waals surface area (Å²) in [7, 11) is 1.63. The van der Waals surface area contributed by atoms with Crippen LogP contribution in [0.5, 0.6) is 5.75 Å². The number of carbonyl (C=O) groups is 2. The zero-order valence-corrected chi connectivity index (χ0v) is 17.1. The van der Waals surface area contributed by atoms with E-state index in [9.17, 15) is 9.59 Å². The summed E-state index contributed by atoms with van der Waals surface area (Å²) >= 11 is 5.86. The Morgan fingerprint density at radius 2 is 1.69 bits per heavy atom. The normalized spacial score (nSPS) is 15.4. The summed E-state index contributed by atoms with van der Waals surface area (Å²) in [5.41, 5.74) is 1.55. The number of hydrogen-bond acceptors (Lipinski definition) is 4. The number of hydrogen-bond donors (Lipinski definition) is 2. The summed E-state index contributed by atoms with van der Waals surface area (Å²) < 4.78 is 11.1. The van der Waals surface area contributed by atoms with E-state index in [-0.39, 0.29) is 12.0 Å². The van der Waals surface area contributed by atoms with Gasteiger partial charge in [-0.05, 0) is 36.6 Å². The highest BCUT2D eigenvalue weighted by Gasteiger charge is 2.37. The number of rotatable bonds is 6. The van der Waals surface area contributed by atoms with Crippen LogP contribution in [0.2, 0.25) is 5.02 Å². The summed E-state index contributed by atoms with van der Waals surface area (Å²) in [5.74, 6) is -0.544. The lowest BCUT2D eigenvalue weighted by molar-refractivity contribution is -0.139. The predicted octanol–water partition coefficient (Wildman–Crippen LogP) is 2.83. The molecule has 2 N–H and O–H groups in total. The SMILES string of the molecule is COc1ccccc1C1(CNC(=O)C(=O)NCc2ccc(Cl)cc2)CCOCC1. The predicted molar refractivity (Wildman–Crippen MR) is 111 cm³/mol. The molecule has 1 heterocycles. The van der Waals surface area contributed by atoms with E-state index in [1.165, 1.54) is 0 Å². The maximum absolute atomic E-state index is 12.4. The van der Waals surface area contributed by atoms with Gasteiger partial charge < -0.3 is 20.1 Å². The standard InChI is InChI=1S/C22H25ClN2O4/c1-28-19-5-3-2-4-18(19)22(10-12-29-13-11-22)15-25-21(27)20(26)24-14-16-6-8-17(23)9-7-16/h2-9H,10-15H2,1H3,(H,24,26)(H,25,27). The van der Waals surface area contributed by atoms with Crippen molar-refractivity contribution in [2.45, 2.75) is 24.8 Å². The molecule has 0 bridgehead atoms. The van der Waals surface area contributed by atoms with E-state index in [0.717, 1.165) is 29.7 Å². The van der Waals surface area contributed by atoms with Gasteiger partial charge in [-0.1, -0.05) is 41.9 Å². The fourth-order valence-corrected chi connectivity index (χ4v) is 3.71. The summed E-state index contributed by atoms with van der Waals surface area (Å²) in [6, 6.07) is 14.9. The Morgan fingerprint density at radius 1 is 1.03 bits per heavy atom. The highest BCUT2D eigenvalue weighted by atomic mass is 35.5. The van der Waals surface area contributed by atoms with Gasteiger partial charge in [0, 0.05) is 42.3 Å². The Hall–Kier alpha value is -2.57. The van der Waals surface area contributed by atoms with Gasteiger partial charge in [0.2, 0.25) is 0 Å². The Morgan fingerprint density at radius 3 is 2.38 bits per heavy atom. The molecule has 6 nitrogen and oxygen atoms in total. The molecule has 1 saturated heterocycles. The van der Waals surface area contributed by atoms with Crippen LogP contribution in [0.25, 0.3) is 0 Å². The van der Waals surface area contributed by atoms with E-state index in [0.29, 0.717) is 24.8 Å². The van der Waals surface area contributed by atoms with Crippen LogP contribution < -0.4 is 15.4 Å². The second-order valence-corrected chi connectivity index (χ2v) is 7.52. The summed E-state index contributed by atoms with van der Waals surface area (Å²) in [5, 5.41) is 6.06. The lowest BCUT2D eigenvalue weighted by Gasteiger charge is -2.38. The van der Waals surface area contributed by atoms with Crippen LogP contribution in [0, 0.1) is 0 Å². The smallest absolute Gasteiger partial charge is 0.309 e. The average molecular weight is 417 g/mol. The van der Waals surface area contributed by atoms with Crippen molar-refractivity contribution in [3.05, 3.63) is 64.7 Å². The molecule has 3 rings (SSSR count). The molecule has 2 amide bonds. The van der Waals surface area contributed by atoms with Crippen LogP contribution in [-0.2, 0) is 26.3 Å². The van der Waals surface area contributed by atoms with Gasteiger partial charge in [-0.15, -0.1) is 0 Å². The molecule has 154 valence electrons. The zero-order chi connectivity index (χ0) is 20.7. The summed E-state index contributed by atoms with van der Waals surface area (Å²) in [6.45, 7) is 1.78. The van der Waals surface area contributed by atoms with Crippen molar-refractivity contribution < 1.29 is 19.1 Å². The molecule has 2 aromatic rings. The monoisotopic (exact) mass is 416 g/mol. The van der Waals surface area contributed by atoms with Crippen molar-refractivity contribution in [1.29, 1.82) is 0 Å². The first-order valence-electron chi connectivity index (χ1n) is 9.56. The number of amides is 2. The van der Waals surface area contributed by atoms with Gasteiger partial charge in [-0.3, -0.25) is 9.59 Å². The van der Waals surface area contributed by atoms with Crippen LogP contribution in [0.15, 0.2) is 48.5 Å². The third kappa shape index (κ3) is 5.28. The Labute approximate surface area is 175 Å². The van der Waals surface area contributed by atoms with Gasteiger partial charge in [0.1, 0.15) is 5.75 Å². The molecular formula is C22H25ClN2O4. The molecule has 0 saturated carbocycles. The molecule has 1 fully saturated rings. The van der Waals surface area contributed by atoms with E-state index in [4.69, 9.17) is 21.1 Å². The molecule has 0 aliphatic carbocycles. The van der Waals surface area contributed by atoms with E-state index in [2.05, 4.69) is 10.6 Å². The molecule has 0 aromatic heterocycles. The topological polar surface area (TPSA) is 76.7 Å². The maximum Gasteiger partial charge on any atom is 0.309 e. The first-order chi connectivity index (χ1) is 14.0. The Kier molecular flexibility index (Phi) is 7.12. The number of benzene rings is 2. The minimum atomic E-state index is -0.665. The van der Waals surface area contributed by atoms with Crippen molar-refractivity contribution in [2.75, 3.05) is 26.9 Å². The van der Waals surface area contributed by atoms with Crippen molar-refractivity contribution >= 4 is 23.4 Å². The van der Waals surface area contributed by atoms with Gasteiger partial charge in [0.25, 0.3) is 0 Å². The molecule has 0 unspecified atom stereocenters. The average Bonchev–Trinajstić information content (AvgIpc) is 2.77. The minimum Gasteiger partial charge on any atom is -0.496 e. The van der Waals surface area contributed by atoms with Gasteiger partial charge in [0.05, 0.1) is 7.11 Å². The van der Waals surface area contributed by atoms with Crippen molar-refractivity contribution in [1.82, 2.24) is 10.6 Å². The molecule has 1 aliphatic rings. The van der Waals surface area contributed by atoms with E-state index >= 15 is 0 Å². The quantitative estimate of drug-likeness (QED) is 0.710. The number of halogens is 1. The second kappa shape index (κ2) is 9.76. The number of nitrogens with one attached hydrogen (secondary N) is 2. The van der Waals surface area contributed by atoms with Gasteiger partial charge in [-0.25, -0.2) is 0 Å². The van der Waals surface area contributed by atoms with Gasteiger partial charge >= 0.3 is 11.8 Å². The van der Waals surface area contributed by atoms with E-state index < -0.39 is 11.8 Å². The van der Waals surface area contributed by atoms with Crippen molar-refractivity contribution in [2.24, 2.45) is 0 Å². The molecule has 0 radical (unpaired) electrons. The molecular weight excluding hydrogens is 392 g/mol. The van der Waals surface area contributed by atoms with E-state index in [1.807, 2.05) is 24.3 Å². The summed E-state index contributed by atoms with van der Waals surface area (Å²) in [6.07, 6.45) is 1.47. The molecule has 0 spiro atoms. The fraction of sp³-hybridized carbons (Fsp3) is 0.364. The minimum absolute atomic E-state index is 0.259. The van der Waals surface area contributed by atoms with Crippen LogP contribution >= 0.6 is 11.6 Å². The highest BCUT2D eigenvalue weighted by molar-refractivity contribution is 6.35. The number of ether oxygens (including phenoxy) is 2. The van der Waals surface area contributed by atoms with Crippen molar-refractivity contribution in [3.63, 3.8) is 0 Å². The molecule has 2 aromatic carbocycles. The molecule has 29 heavy (non-hydrogen) atoms. The lowest BCUT2D eigenvalue weighted by atomic mass is 9.73. The van der Waals surface area contributed by atoms with Crippen LogP contribution in [-0.4, -0.2) is 38.7 Å². The lowest BCUT2D eigenvalue weighted by Crippen LogP contribution is -2.48.